The molecule has 0 radical (unpaired) electrons. The molecule has 1 fully saturated rings. The van der Waals surface area contributed by atoms with Gasteiger partial charge in [0.2, 0.25) is 5.43 Å². The maximum Gasteiger partial charge on any atom is 0.416 e. The molecule has 1 aliphatic rings. The minimum atomic E-state index is -4.58. The predicted octanol–water partition coefficient (Wildman–Crippen LogP) is 5.59. The van der Waals surface area contributed by atoms with E-state index in [1.807, 2.05) is 43.3 Å². The Kier molecular flexibility index (Phi) is 7.08. The molecule has 196 valence electrons. The molecule has 5 nitrogen and oxygen atoms in total. The van der Waals surface area contributed by atoms with Crippen LogP contribution < -0.4 is 5.43 Å². The van der Waals surface area contributed by atoms with Crippen LogP contribution in [0.25, 0.3) is 10.9 Å². The fourth-order valence-corrected chi connectivity index (χ4v) is 5.23. The molecule has 0 N–H and O–H groups in total. The number of alkyl halides is 3. The van der Waals surface area contributed by atoms with Crippen LogP contribution in [0.2, 0.25) is 0 Å². The average molecular weight is 520 g/mol. The minimum absolute atomic E-state index is 0.0217. The van der Waals surface area contributed by atoms with Crippen molar-refractivity contribution >= 4 is 16.8 Å². The van der Waals surface area contributed by atoms with E-state index in [0.29, 0.717) is 38.2 Å². The van der Waals surface area contributed by atoms with Crippen molar-refractivity contribution in [2.45, 2.75) is 25.7 Å². The molecular weight excluding hydrogens is 491 g/mol. The molecule has 0 saturated carbocycles. The fourth-order valence-electron chi connectivity index (χ4n) is 5.23. The van der Waals surface area contributed by atoms with Gasteiger partial charge in [0.05, 0.1) is 17.1 Å². The van der Waals surface area contributed by atoms with E-state index < -0.39 is 23.1 Å². The number of carbonyl (C=O) groups excluding carboxylic acids is 1. The van der Waals surface area contributed by atoms with Crippen molar-refractivity contribution in [3.63, 3.8) is 0 Å². The maximum atomic E-state index is 13.5. The molecule has 4 aromatic rings. The van der Waals surface area contributed by atoms with Crippen molar-refractivity contribution in [3.8, 4) is 0 Å². The Morgan fingerprint density at radius 3 is 1.97 bits per heavy atom. The van der Waals surface area contributed by atoms with E-state index >= 15 is 0 Å². The maximum absolute atomic E-state index is 13.5. The van der Waals surface area contributed by atoms with Crippen LogP contribution >= 0.6 is 0 Å². The predicted molar refractivity (Wildman–Crippen MR) is 141 cm³/mol. The lowest BCUT2D eigenvalue weighted by Gasteiger charge is -2.39. The van der Waals surface area contributed by atoms with Gasteiger partial charge in [-0.3, -0.25) is 14.5 Å². The number of amides is 1. The average Bonchev–Trinajstić information content (AvgIpc) is 2.94. The molecule has 1 amide bonds. The summed E-state index contributed by atoms with van der Waals surface area (Å²) in [7, 11) is 0. The highest BCUT2D eigenvalue weighted by Gasteiger charge is 2.32. The van der Waals surface area contributed by atoms with Crippen LogP contribution in [0.15, 0.2) is 89.9 Å². The number of aryl methyl sites for hydroxylation is 1. The normalized spacial score (nSPS) is 14.8. The van der Waals surface area contributed by atoms with Crippen LogP contribution in [0.5, 0.6) is 0 Å². The molecule has 0 unspecified atom stereocenters. The van der Waals surface area contributed by atoms with Crippen molar-refractivity contribution in [1.82, 2.24) is 14.4 Å². The molecule has 38 heavy (non-hydrogen) atoms. The highest BCUT2D eigenvalue weighted by molar-refractivity contribution is 5.97. The van der Waals surface area contributed by atoms with Crippen LogP contribution in [0.4, 0.5) is 13.2 Å². The van der Waals surface area contributed by atoms with E-state index in [1.165, 1.54) is 12.3 Å². The second-order valence-corrected chi connectivity index (χ2v) is 9.44. The monoisotopic (exact) mass is 519 g/mol. The lowest BCUT2D eigenvalue weighted by Crippen LogP contribution is -2.50. The zero-order valence-electron chi connectivity index (χ0n) is 21.0. The summed E-state index contributed by atoms with van der Waals surface area (Å²) >= 11 is 0. The second kappa shape index (κ2) is 10.5. The van der Waals surface area contributed by atoms with E-state index in [4.69, 9.17) is 0 Å². The van der Waals surface area contributed by atoms with Crippen molar-refractivity contribution in [1.29, 1.82) is 0 Å². The van der Waals surface area contributed by atoms with Gasteiger partial charge in [0, 0.05) is 44.3 Å². The first-order valence-electron chi connectivity index (χ1n) is 12.7. The third kappa shape index (κ3) is 4.96. The molecule has 0 spiro atoms. The minimum Gasteiger partial charge on any atom is -0.347 e. The van der Waals surface area contributed by atoms with Crippen LogP contribution in [-0.4, -0.2) is 46.5 Å². The van der Waals surface area contributed by atoms with Crippen LogP contribution in [-0.2, 0) is 12.7 Å². The van der Waals surface area contributed by atoms with Gasteiger partial charge in [-0.2, -0.15) is 13.2 Å². The lowest BCUT2D eigenvalue weighted by atomic mass is 9.96. The second-order valence-electron chi connectivity index (χ2n) is 9.44. The van der Waals surface area contributed by atoms with Crippen molar-refractivity contribution in [2.75, 3.05) is 26.2 Å². The number of pyridine rings is 1. The Hall–Kier alpha value is -3.91. The van der Waals surface area contributed by atoms with Crippen molar-refractivity contribution < 1.29 is 18.0 Å². The summed E-state index contributed by atoms with van der Waals surface area (Å²) in [6.07, 6.45) is -3.11. The summed E-state index contributed by atoms with van der Waals surface area (Å²) in [6.45, 7) is 4.22. The van der Waals surface area contributed by atoms with E-state index in [2.05, 4.69) is 29.2 Å². The van der Waals surface area contributed by atoms with Gasteiger partial charge in [-0.1, -0.05) is 60.7 Å². The third-order valence-corrected chi connectivity index (χ3v) is 7.18. The zero-order chi connectivity index (χ0) is 26.9. The third-order valence-electron chi connectivity index (χ3n) is 7.18. The summed E-state index contributed by atoms with van der Waals surface area (Å²) < 4.78 is 41.7. The first kappa shape index (κ1) is 25.7. The fraction of sp³-hybridized carbons (Fsp3) is 0.267. The summed E-state index contributed by atoms with van der Waals surface area (Å²) in [5.41, 5.74) is 0.999. The Bertz CT molecular complexity index is 1450. The number of carbonyl (C=O) groups is 1. The van der Waals surface area contributed by atoms with Crippen LogP contribution in [0, 0.1) is 0 Å². The molecular formula is C30H28F3N3O2. The highest BCUT2D eigenvalue weighted by atomic mass is 19.4. The number of halogens is 3. The number of piperazine rings is 1. The van der Waals surface area contributed by atoms with Gasteiger partial charge in [0.25, 0.3) is 5.91 Å². The van der Waals surface area contributed by atoms with Gasteiger partial charge in [0.1, 0.15) is 5.56 Å². The molecule has 3 aromatic carbocycles. The largest absolute Gasteiger partial charge is 0.416 e. The van der Waals surface area contributed by atoms with Crippen LogP contribution in [0.3, 0.4) is 0 Å². The Balaban J connectivity index is 1.42. The zero-order valence-corrected chi connectivity index (χ0v) is 21.0. The van der Waals surface area contributed by atoms with E-state index in [-0.39, 0.29) is 17.0 Å². The number of aromatic nitrogens is 1. The van der Waals surface area contributed by atoms with Gasteiger partial charge < -0.3 is 9.47 Å². The smallest absolute Gasteiger partial charge is 0.347 e. The first-order chi connectivity index (χ1) is 18.3. The number of fused-ring (bicyclic) bond motifs is 1. The van der Waals surface area contributed by atoms with Gasteiger partial charge in [-0.05, 0) is 36.2 Å². The number of hydrogen-bond acceptors (Lipinski definition) is 3. The van der Waals surface area contributed by atoms with Crippen LogP contribution in [0.1, 0.15) is 40.0 Å². The van der Waals surface area contributed by atoms with E-state index in [1.54, 1.807) is 9.47 Å². The standard InChI is InChI=1S/C30H28F3N3O2/c1-2-34-20-25(28(37)24-19-23(30(31,32)33)13-14-26(24)34)29(38)36-17-15-35(16-18-36)27(21-9-5-3-6-10-21)22-11-7-4-8-12-22/h3-14,19-20,27H,2,15-18H2,1H3. The molecule has 1 aliphatic heterocycles. The molecule has 1 saturated heterocycles. The molecule has 5 rings (SSSR count). The summed E-state index contributed by atoms with van der Waals surface area (Å²) in [5, 5.41) is -0.0978. The number of rotatable bonds is 5. The molecule has 8 heteroatoms. The summed E-state index contributed by atoms with van der Waals surface area (Å²) in [6, 6.07) is 23.5. The molecule has 0 aliphatic carbocycles. The number of nitrogens with zero attached hydrogens (tertiary/aromatic N) is 3. The number of hydrogen-bond donors (Lipinski definition) is 0. The van der Waals surface area contributed by atoms with Crippen molar-refractivity contribution in [2.24, 2.45) is 0 Å². The van der Waals surface area contributed by atoms with Gasteiger partial charge >= 0.3 is 6.18 Å². The molecule has 1 aromatic heterocycles. The Morgan fingerprint density at radius 1 is 0.868 bits per heavy atom. The molecule has 0 atom stereocenters. The van der Waals surface area contributed by atoms with Gasteiger partial charge in [0.15, 0.2) is 0 Å². The summed E-state index contributed by atoms with van der Waals surface area (Å²) in [5.74, 6) is -0.452. The van der Waals surface area contributed by atoms with E-state index in [9.17, 15) is 22.8 Å². The van der Waals surface area contributed by atoms with E-state index in [0.717, 1.165) is 23.3 Å². The highest BCUT2D eigenvalue weighted by Crippen LogP contribution is 2.32. The summed E-state index contributed by atoms with van der Waals surface area (Å²) in [4.78, 5) is 30.7. The molecule has 0 bridgehead atoms. The quantitative estimate of drug-likeness (QED) is 0.346. The Labute approximate surface area is 218 Å². The van der Waals surface area contributed by atoms with Gasteiger partial charge in [-0.15, -0.1) is 0 Å². The SMILES string of the molecule is CCn1cc(C(=O)N2CCN(C(c3ccccc3)c3ccccc3)CC2)c(=O)c2cc(C(F)(F)F)ccc21. The topological polar surface area (TPSA) is 45.6 Å². The number of benzene rings is 3. The first-order valence-corrected chi connectivity index (χ1v) is 12.7. The lowest BCUT2D eigenvalue weighted by molar-refractivity contribution is -0.137. The Morgan fingerprint density at radius 2 is 1.45 bits per heavy atom. The van der Waals surface area contributed by atoms with Gasteiger partial charge in [-0.25, -0.2) is 0 Å². The molecule has 2 heterocycles. The van der Waals surface area contributed by atoms with Crippen molar-refractivity contribution in [3.05, 3.63) is 118 Å².